The van der Waals surface area contributed by atoms with E-state index in [-0.39, 0.29) is 6.54 Å². The predicted octanol–water partition coefficient (Wildman–Crippen LogP) is 0.925. The zero-order chi connectivity index (χ0) is 11.1. The molecule has 2 N–H and O–H groups in total. The molecule has 1 atom stereocenters. The molecule has 0 radical (unpaired) electrons. The molecule has 0 amide bonds. The summed E-state index contributed by atoms with van der Waals surface area (Å²) in [4.78, 5) is 12.7. The van der Waals surface area contributed by atoms with Gasteiger partial charge < -0.3 is 15.3 Å². The van der Waals surface area contributed by atoms with Gasteiger partial charge in [-0.15, -0.1) is 0 Å². The minimum Gasteiger partial charge on any atom is -0.480 e. The van der Waals surface area contributed by atoms with Crippen molar-refractivity contribution in [2.75, 3.05) is 26.2 Å². The van der Waals surface area contributed by atoms with Gasteiger partial charge in [0.05, 0.1) is 6.54 Å². The maximum Gasteiger partial charge on any atom is 0.317 e. The second-order valence-electron chi connectivity index (χ2n) is 4.30. The Morgan fingerprint density at radius 1 is 1.53 bits per heavy atom. The lowest BCUT2D eigenvalue weighted by Crippen LogP contribution is -2.39. The van der Waals surface area contributed by atoms with Crippen LogP contribution in [-0.4, -0.2) is 48.2 Å². The molecular weight excluding hydrogens is 192 g/mol. The van der Waals surface area contributed by atoms with Crippen molar-refractivity contribution in [1.29, 1.82) is 0 Å². The lowest BCUT2D eigenvalue weighted by Gasteiger charge is -2.33. The quantitative estimate of drug-likeness (QED) is 0.646. The van der Waals surface area contributed by atoms with Gasteiger partial charge in [-0.3, -0.25) is 4.79 Å². The number of likely N-dealkylation sites (tertiary alicyclic amines) is 1. The minimum absolute atomic E-state index is 0.0789. The van der Waals surface area contributed by atoms with Crippen LogP contribution in [0.2, 0.25) is 0 Å². The third-order valence-corrected chi connectivity index (χ3v) is 3.02. The fraction of sp³-hybridized carbons (Fsp3) is 0.909. The van der Waals surface area contributed by atoms with Gasteiger partial charge in [-0.05, 0) is 45.8 Å². The fourth-order valence-corrected chi connectivity index (χ4v) is 2.09. The van der Waals surface area contributed by atoms with Gasteiger partial charge in [-0.25, -0.2) is 0 Å². The van der Waals surface area contributed by atoms with Crippen molar-refractivity contribution in [2.24, 2.45) is 0 Å². The first-order valence-corrected chi connectivity index (χ1v) is 5.86. The van der Waals surface area contributed by atoms with E-state index in [0.717, 1.165) is 19.5 Å². The van der Waals surface area contributed by atoms with Crippen LogP contribution in [0.5, 0.6) is 0 Å². The Balaban J connectivity index is 2.01. The van der Waals surface area contributed by atoms with Crippen molar-refractivity contribution in [3.05, 3.63) is 0 Å². The van der Waals surface area contributed by atoms with Crippen molar-refractivity contribution in [3.8, 4) is 0 Å². The first kappa shape index (κ1) is 12.5. The highest BCUT2D eigenvalue weighted by Gasteiger charge is 2.16. The summed E-state index contributed by atoms with van der Waals surface area (Å²) in [5, 5.41) is 11.3. The van der Waals surface area contributed by atoms with Crippen LogP contribution in [-0.2, 0) is 4.79 Å². The number of carboxylic acid groups (broad SMARTS) is 1. The Morgan fingerprint density at radius 3 is 3.00 bits per heavy atom. The zero-order valence-electron chi connectivity index (χ0n) is 9.54. The van der Waals surface area contributed by atoms with Gasteiger partial charge in [0.1, 0.15) is 0 Å². The average Bonchev–Trinajstić information content (AvgIpc) is 2.20. The van der Waals surface area contributed by atoms with Gasteiger partial charge in [0.2, 0.25) is 0 Å². The van der Waals surface area contributed by atoms with Crippen LogP contribution in [0.15, 0.2) is 0 Å². The van der Waals surface area contributed by atoms with Crippen molar-refractivity contribution < 1.29 is 9.90 Å². The van der Waals surface area contributed by atoms with Gasteiger partial charge in [-0.2, -0.15) is 0 Å². The summed E-state index contributed by atoms with van der Waals surface area (Å²) in [6, 6.07) is 0.707. The smallest absolute Gasteiger partial charge is 0.317 e. The van der Waals surface area contributed by atoms with Gasteiger partial charge >= 0.3 is 5.97 Å². The molecule has 1 aliphatic rings. The molecule has 15 heavy (non-hydrogen) atoms. The number of rotatable bonds is 6. The number of piperidine rings is 1. The van der Waals surface area contributed by atoms with Crippen LogP contribution in [0.25, 0.3) is 0 Å². The summed E-state index contributed by atoms with van der Waals surface area (Å²) >= 11 is 0. The van der Waals surface area contributed by atoms with E-state index in [9.17, 15) is 4.79 Å². The standard InChI is InChI=1S/C11H22N2O2/c1-10-5-2-3-7-13(10)8-4-6-12-9-11(14)15/h10,12H,2-9H2,1H3,(H,14,15). The second-order valence-corrected chi connectivity index (χ2v) is 4.30. The van der Waals surface area contributed by atoms with Crippen LogP contribution >= 0.6 is 0 Å². The highest BCUT2D eigenvalue weighted by Crippen LogP contribution is 2.15. The summed E-state index contributed by atoms with van der Waals surface area (Å²) in [5.41, 5.74) is 0. The second kappa shape index (κ2) is 6.80. The van der Waals surface area contributed by atoms with E-state index < -0.39 is 5.97 Å². The fourth-order valence-electron chi connectivity index (χ4n) is 2.09. The van der Waals surface area contributed by atoms with Crippen LogP contribution in [0.1, 0.15) is 32.6 Å². The van der Waals surface area contributed by atoms with Gasteiger partial charge in [0.15, 0.2) is 0 Å². The Bertz CT molecular complexity index is 197. The molecule has 1 saturated heterocycles. The molecule has 0 aromatic carbocycles. The Kier molecular flexibility index (Phi) is 5.65. The molecule has 0 aromatic rings. The molecule has 0 aliphatic carbocycles. The molecule has 88 valence electrons. The van der Waals surface area contributed by atoms with Crippen LogP contribution in [0.3, 0.4) is 0 Å². The largest absolute Gasteiger partial charge is 0.480 e. The average molecular weight is 214 g/mol. The zero-order valence-corrected chi connectivity index (χ0v) is 9.54. The molecule has 0 bridgehead atoms. The van der Waals surface area contributed by atoms with Gasteiger partial charge in [0, 0.05) is 6.04 Å². The maximum atomic E-state index is 10.2. The number of nitrogens with one attached hydrogen (secondary N) is 1. The van der Waals surface area contributed by atoms with Crippen LogP contribution in [0, 0.1) is 0 Å². The molecule has 4 nitrogen and oxygen atoms in total. The number of nitrogens with zero attached hydrogens (tertiary/aromatic N) is 1. The molecule has 1 aliphatic heterocycles. The number of carboxylic acids is 1. The van der Waals surface area contributed by atoms with Crippen molar-refractivity contribution >= 4 is 5.97 Å². The number of carbonyl (C=O) groups is 1. The van der Waals surface area contributed by atoms with E-state index in [2.05, 4.69) is 17.1 Å². The predicted molar refractivity (Wildman–Crippen MR) is 60.0 cm³/mol. The molecule has 1 fully saturated rings. The summed E-state index contributed by atoms with van der Waals surface area (Å²) in [7, 11) is 0. The van der Waals surface area contributed by atoms with E-state index in [4.69, 9.17) is 5.11 Å². The molecular formula is C11H22N2O2. The Hall–Kier alpha value is -0.610. The molecule has 1 rings (SSSR count). The molecule has 0 saturated carbocycles. The topological polar surface area (TPSA) is 52.6 Å². The van der Waals surface area contributed by atoms with E-state index in [1.54, 1.807) is 0 Å². The Morgan fingerprint density at radius 2 is 2.33 bits per heavy atom. The number of hydrogen-bond donors (Lipinski definition) is 2. The minimum atomic E-state index is -0.777. The molecule has 1 heterocycles. The van der Waals surface area contributed by atoms with Crippen LogP contribution < -0.4 is 5.32 Å². The first-order valence-electron chi connectivity index (χ1n) is 5.86. The van der Waals surface area contributed by atoms with Gasteiger partial charge in [0.25, 0.3) is 0 Å². The van der Waals surface area contributed by atoms with Crippen molar-refractivity contribution in [3.63, 3.8) is 0 Å². The van der Waals surface area contributed by atoms with E-state index in [1.807, 2.05) is 0 Å². The maximum absolute atomic E-state index is 10.2. The number of aliphatic carboxylic acids is 1. The molecule has 1 unspecified atom stereocenters. The lowest BCUT2D eigenvalue weighted by atomic mass is 10.0. The van der Waals surface area contributed by atoms with E-state index in [0.29, 0.717) is 6.04 Å². The molecule has 0 aromatic heterocycles. The van der Waals surface area contributed by atoms with E-state index in [1.165, 1.54) is 25.8 Å². The summed E-state index contributed by atoms with van der Waals surface area (Å²) in [6.45, 7) is 5.46. The Labute approximate surface area is 91.6 Å². The summed E-state index contributed by atoms with van der Waals surface area (Å²) in [5.74, 6) is -0.777. The third-order valence-electron chi connectivity index (χ3n) is 3.02. The van der Waals surface area contributed by atoms with Crippen molar-refractivity contribution in [2.45, 2.75) is 38.6 Å². The van der Waals surface area contributed by atoms with Crippen LogP contribution in [0.4, 0.5) is 0 Å². The molecule has 4 heteroatoms. The van der Waals surface area contributed by atoms with E-state index >= 15 is 0 Å². The first-order chi connectivity index (χ1) is 7.20. The number of hydrogen-bond acceptors (Lipinski definition) is 3. The SMILES string of the molecule is CC1CCCCN1CCCNCC(=O)O. The summed E-state index contributed by atoms with van der Waals surface area (Å²) in [6.07, 6.45) is 5.02. The monoisotopic (exact) mass is 214 g/mol. The molecule has 0 spiro atoms. The van der Waals surface area contributed by atoms with Crippen molar-refractivity contribution in [1.82, 2.24) is 10.2 Å². The van der Waals surface area contributed by atoms with Gasteiger partial charge in [-0.1, -0.05) is 6.42 Å². The lowest BCUT2D eigenvalue weighted by molar-refractivity contribution is -0.135. The highest BCUT2D eigenvalue weighted by atomic mass is 16.4. The normalized spacial score (nSPS) is 22.9. The summed E-state index contributed by atoms with van der Waals surface area (Å²) < 4.78 is 0. The third kappa shape index (κ3) is 5.14. The highest BCUT2D eigenvalue weighted by molar-refractivity contribution is 5.68.